The minimum Gasteiger partial charge on any atom is -0.483 e. The normalized spacial score (nSPS) is 10.7. The van der Waals surface area contributed by atoms with E-state index in [0.717, 1.165) is 10.9 Å². The summed E-state index contributed by atoms with van der Waals surface area (Å²) in [6.07, 6.45) is 1.55. The molecule has 0 unspecified atom stereocenters. The molecule has 1 N–H and O–H groups in total. The van der Waals surface area contributed by atoms with E-state index in [9.17, 15) is 9.59 Å². The standard InChI is InChI=1S/C17H16N2O4/c1-19-14-7-3-2-6-13(14)15(9-17(19)21)23-11-16(20)18-10-12-5-4-8-22-12/h2-9H,10-11H2,1H3,(H,18,20). The van der Waals surface area contributed by atoms with Crippen LogP contribution in [-0.4, -0.2) is 17.1 Å². The topological polar surface area (TPSA) is 73.5 Å². The van der Waals surface area contributed by atoms with E-state index in [1.165, 1.54) is 6.07 Å². The van der Waals surface area contributed by atoms with Crippen molar-refractivity contribution in [3.8, 4) is 5.75 Å². The number of aryl methyl sites for hydroxylation is 1. The van der Waals surface area contributed by atoms with Crippen molar-refractivity contribution in [2.24, 2.45) is 7.05 Å². The molecule has 6 nitrogen and oxygen atoms in total. The predicted molar refractivity (Wildman–Crippen MR) is 85.2 cm³/mol. The maximum absolute atomic E-state index is 11.9. The van der Waals surface area contributed by atoms with Gasteiger partial charge in [0.25, 0.3) is 11.5 Å². The van der Waals surface area contributed by atoms with Crippen LogP contribution in [0.15, 0.2) is 57.9 Å². The van der Waals surface area contributed by atoms with Crippen LogP contribution in [0.4, 0.5) is 0 Å². The third-order valence-corrected chi connectivity index (χ3v) is 3.51. The number of hydrogen-bond donors (Lipinski definition) is 1. The lowest BCUT2D eigenvalue weighted by atomic mass is 10.2. The van der Waals surface area contributed by atoms with Crippen LogP contribution in [0.2, 0.25) is 0 Å². The molecular formula is C17H16N2O4. The average molecular weight is 312 g/mol. The van der Waals surface area contributed by atoms with Crippen LogP contribution in [0.25, 0.3) is 10.9 Å². The zero-order valence-corrected chi connectivity index (χ0v) is 12.6. The van der Waals surface area contributed by atoms with Crippen molar-refractivity contribution in [2.75, 3.05) is 6.61 Å². The molecule has 1 aromatic carbocycles. The molecule has 23 heavy (non-hydrogen) atoms. The number of amides is 1. The minimum absolute atomic E-state index is 0.169. The first-order valence-corrected chi connectivity index (χ1v) is 7.16. The van der Waals surface area contributed by atoms with Gasteiger partial charge >= 0.3 is 0 Å². The summed E-state index contributed by atoms with van der Waals surface area (Å²) in [5.41, 5.74) is 0.570. The Morgan fingerprint density at radius 3 is 2.87 bits per heavy atom. The second-order valence-electron chi connectivity index (χ2n) is 5.07. The Hall–Kier alpha value is -3.02. The van der Waals surface area contributed by atoms with Gasteiger partial charge in [0.2, 0.25) is 0 Å². The average Bonchev–Trinajstić information content (AvgIpc) is 3.08. The Kier molecular flexibility index (Phi) is 4.14. The van der Waals surface area contributed by atoms with Gasteiger partial charge in [-0.3, -0.25) is 9.59 Å². The maximum Gasteiger partial charge on any atom is 0.258 e. The van der Waals surface area contributed by atoms with Crippen LogP contribution in [0.3, 0.4) is 0 Å². The Morgan fingerprint density at radius 2 is 2.09 bits per heavy atom. The van der Waals surface area contributed by atoms with E-state index >= 15 is 0 Å². The Morgan fingerprint density at radius 1 is 1.26 bits per heavy atom. The third-order valence-electron chi connectivity index (χ3n) is 3.51. The summed E-state index contributed by atoms with van der Waals surface area (Å²) in [6.45, 7) is 0.129. The number of carbonyl (C=O) groups is 1. The van der Waals surface area contributed by atoms with Gasteiger partial charge in [0, 0.05) is 18.5 Å². The molecule has 0 saturated carbocycles. The van der Waals surface area contributed by atoms with Gasteiger partial charge in [-0.1, -0.05) is 12.1 Å². The molecule has 118 valence electrons. The van der Waals surface area contributed by atoms with Crippen molar-refractivity contribution in [3.63, 3.8) is 0 Å². The molecule has 0 aliphatic rings. The number of para-hydroxylation sites is 1. The molecule has 0 spiro atoms. The first-order valence-electron chi connectivity index (χ1n) is 7.16. The van der Waals surface area contributed by atoms with Gasteiger partial charge in [0.05, 0.1) is 18.3 Å². The van der Waals surface area contributed by atoms with Crippen LogP contribution in [0, 0.1) is 0 Å². The minimum atomic E-state index is -0.286. The Labute approximate surface area is 132 Å². The van der Waals surface area contributed by atoms with E-state index in [-0.39, 0.29) is 18.1 Å². The molecular weight excluding hydrogens is 296 g/mol. The SMILES string of the molecule is Cn1c(=O)cc(OCC(=O)NCc2ccco2)c2ccccc21. The van der Waals surface area contributed by atoms with Crippen LogP contribution in [0.1, 0.15) is 5.76 Å². The fraction of sp³-hybridized carbons (Fsp3) is 0.176. The lowest BCUT2D eigenvalue weighted by Gasteiger charge is -2.11. The summed E-state index contributed by atoms with van der Waals surface area (Å²) >= 11 is 0. The summed E-state index contributed by atoms with van der Waals surface area (Å²) in [5.74, 6) is 0.778. The first-order chi connectivity index (χ1) is 11.1. The maximum atomic E-state index is 11.9. The number of pyridine rings is 1. The third kappa shape index (κ3) is 3.26. The fourth-order valence-electron chi connectivity index (χ4n) is 2.29. The second-order valence-corrected chi connectivity index (χ2v) is 5.07. The number of nitrogens with one attached hydrogen (secondary N) is 1. The van der Waals surface area contributed by atoms with E-state index in [0.29, 0.717) is 18.1 Å². The number of ether oxygens (including phenoxy) is 1. The zero-order valence-electron chi connectivity index (χ0n) is 12.6. The van der Waals surface area contributed by atoms with E-state index in [1.54, 1.807) is 30.0 Å². The molecule has 0 aliphatic carbocycles. The molecule has 6 heteroatoms. The highest BCUT2D eigenvalue weighted by atomic mass is 16.5. The van der Waals surface area contributed by atoms with Gasteiger partial charge in [-0.2, -0.15) is 0 Å². The number of aromatic nitrogens is 1. The van der Waals surface area contributed by atoms with Gasteiger partial charge in [-0.05, 0) is 24.3 Å². The molecule has 0 bridgehead atoms. The Balaban J connectivity index is 1.71. The molecule has 0 radical (unpaired) electrons. The molecule has 2 aromatic heterocycles. The van der Waals surface area contributed by atoms with Crippen LogP contribution >= 0.6 is 0 Å². The van der Waals surface area contributed by atoms with Crippen molar-refractivity contribution in [3.05, 3.63) is 64.8 Å². The molecule has 0 atom stereocenters. The van der Waals surface area contributed by atoms with Crippen molar-refractivity contribution >= 4 is 16.8 Å². The number of nitrogens with zero attached hydrogens (tertiary/aromatic N) is 1. The largest absolute Gasteiger partial charge is 0.483 e. The molecule has 0 fully saturated rings. The van der Waals surface area contributed by atoms with E-state index in [1.807, 2.05) is 24.3 Å². The second kappa shape index (κ2) is 6.39. The smallest absolute Gasteiger partial charge is 0.258 e. The molecule has 0 saturated heterocycles. The summed E-state index contributed by atoms with van der Waals surface area (Å²) in [6, 6.07) is 12.3. The highest BCUT2D eigenvalue weighted by Gasteiger charge is 2.09. The molecule has 3 rings (SSSR count). The quantitative estimate of drug-likeness (QED) is 0.780. The van der Waals surface area contributed by atoms with Crippen LogP contribution < -0.4 is 15.6 Å². The summed E-state index contributed by atoms with van der Waals surface area (Å²) in [4.78, 5) is 23.8. The number of hydrogen-bond acceptors (Lipinski definition) is 4. The monoisotopic (exact) mass is 312 g/mol. The number of benzene rings is 1. The van der Waals surface area contributed by atoms with Crippen molar-refractivity contribution in [1.82, 2.24) is 9.88 Å². The van der Waals surface area contributed by atoms with Crippen molar-refractivity contribution in [2.45, 2.75) is 6.54 Å². The van der Waals surface area contributed by atoms with Crippen LogP contribution in [-0.2, 0) is 18.4 Å². The molecule has 0 aliphatic heterocycles. The zero-order chi connectivity index (χ0) is 16.2. The first kappa shape index (κ1) is 14.9. The van der Waals surface area contributed by atoms with E-state index < -0.39 is 0 Å². The lowest BCUT2D eigenvalue weighted by Crippen LogP contribution is -2.28. The van der Waals surface area contributed by atoms with E-state index in [4.69, 9.17) is 9.15 Å². The van der Waals surface area contributed by atoms with Gasteiger partial charge in [0.15, 0.2) is 6.61 Å². The number of fused-ring (bicyclic) bond motifs is 1. The number of furan rings is 1. The molecule has 1 amide bonds. The Bertz CT molecular complexity index is 881. The lowest BCUT2D eigenvalue weighted by molar-refractivity contribution is -0.123. The predicted octanol–water partition coefficient (Wildman–Crippen LogP) is 1.83. The van der Waals surface area contributed by atoms with Gasteiger partial charge in [-0.25, -0.2) is 0 Å². The summed E-state index contributed by atoms with van der Waals surface area (Å²) in [7, 11) is 1.70. The van der Waals surface area contributed by atoms with E-state index in [2.05, 4.69) is 5.32 Å². The van der Waals surface area contributed by atoms with Gasteiger partial charge in [0.1, 0.15) is 11.5 Å². The number of carbonyl (C=O) groups excluding carboxylic acids is 1. The summed E-state index contributed by atoms with van der Waals surface area (Å²) < 4.78 is 12.2. The van der Waals surface area contributed by atoms with Gasteiger partial charge in [-0.15, -0.1) is 0 Å². The fourth-order valence-corrected chi connectivity index (χ4v) is 2.29. The number of rotatable bonds is 5. The molecule has 3 aromatic rings. The highest BCUT2D eigenvalue weighted by Crippen LogP contribution is 2.22. The molecule has 2 heterocycles. The van der Waals surface area contributed by atoms with Crippen molar-refractivity contribution in [1.29, 1.82) is 0 Å². The van der Waals surface area contributed by atoms with Crippen LogP contribution in [0.5, 0.6) is 5.75 Å². The van der Waals surface area contributed by atoms with Crippen molar-refractivity contribution < 1.29 is 13.9 Å². The highest BCUT2D eigenvalue weighted by molar-refractivity contribution is 5.86. The van der Waals surface area contributed by atoms with Gasteiger partial charge < -0.3 is 19.0 Å². The summed E-state index contributed by atoms with van der Waals surface area (Å²) in [5, 5.41) is 3.47.